The van der Waals surface area contributed by atoms with Gasteiger partial charge in [-0.05, 0) is 29.9 Å². The average molecular weight is 248 g/mol. The van der Waals surface area contributed by atoms with Crippen LogP contribution in [0.1, 0.15) is 51.2 Å². The molecular formula is C15H20O3. The Morgan fingerprint density at radius 1 is 1.28 bits per heavy atom. The van der Waals surface area contributed by atoms with Gasteiger partial charge < -0.3 is 10.2 Å². The number of phenolic OH excluding ortho intramolecular Hbond substituents is 1. The quantitative estimate of drug-likeness (QED) is 0.845. The van der Waals surface area contributed by atoms with E-state index in [1.54, 1.807) is 6.07 Å². The molecule has 0 unspecified atom stereocenters. The van der Waals surface area contributed by atoms with Crippen molar-refractivity contribution in [2.75, 3.05) is 0 Å². The second-order valence-corrected chi connectivity index (χ2v) is 6.22. The van der Waals surface area contributed by atoms with Gasteiger partial charge in [-0.1, -0.05) is 39.3 Å². The molecule has 0 saturated heterocycles. The largest absolute Gasteiger partial charge is 0.508 e. The predicted octanol–water partition coefficient (Wildman–Crippen LogP) is 3.20. The molecule has 18 heavy (non-hydrogen) atoms. The number of aromatic hydroxyl groups is 1. The van der Waals surface area contributed by atoms with Crippen LogP contribution in [0.4, 0.5) is 0 Å². The SMILES string of the molecule is CC(C)(C)c1ccc(O)c(C2(C(=O)O)CCC2)c1. The van der Waals surface area contributed by atoms with Gasteiger partial charge in [0, 0.05) is 5.56 Å². The van der Waals surface area contributed by atoms with Crippen molar-refractivity contribution in [1.82, 2.24) is 0 Å². The minimum Gasteiger partial charge on any atom is -0.508 e. The summed E-state index contributed by atoms with van der Waals surface area (Å²) in [7, 11) is 0. The Kier molecular flexibility index (Phi) is 2.88. The number of carboxylic acids is 1. The Morgan fingerprint density at radius 3 is 2.28 bits per heavy atom. The van der Waals surface area contributed by atoms with Crippen molar-refractivity contribution < 1.29 is 15.0 Å². The summed E-state index contributed by atoms with van der Waals surface area (Å²) >= 11 is 0. The van der Waals surface area contributed by atoms with Crippen molar-refractivity contribution in [1.29, 1.82) is 0 Å². The van der Waals surface area contributed by atoms with Crippen LogP contribution >= 0.6 is 0 Å². The van der Waals surface area contributed by atoms with Gasteiger partial charge in [-0.3, -0.25) is 4.79 Å². The highest BCUT2D eigenvalue weighted by Crippen LogP contribution is 2.48. The van der Waals surface area contributed by atoms with Crippen LogP contribution in [0.5, 0.6) is 5.75 Å². The summed E-state index contributed by atoms with van der Waals surface area (Å²) in [6, 6.07) is 5.36. The molecule has 2 N–H and O–H groups in total. The monoisotopic (exact) mass is 248 g/mol. The molecule has 3 nitrogen and oxygen atoms in total. The summed E-state index contributed by atoms with van der Waals surface area (Å²) in [6.07, 6.45) is 2.14. The fourth-order valence-electron chi connectivity index (χ4n) is 2.51. The Labute approximate surface area is 107 Å². The fraction of sp³-hybridized carbons (Fsp3) is 0.533. The number of phenols is 1. The van der Waals surface area contributed by atoms with Gasteiger partial charge in [-0.25, -0.2) is 0 Å². The number of hydrogen-bond donors (Lipinski definition) is 2. The van der Waals surface area contributed by atoms with E-state index in [1.165, 1.54) is 0 Å². The lowest BCUT2D eigenvalue weighted by molar-refractivity contribution is -0.147. The van der Waals surface area contributed by atoms with Gasteiger partial charge in [0.2, 0.25) is 0 Å². The lowest BCUT2D eigenvalue weighted by Crippen LogP contribution is -2.42. The maximum absolute atomic E-state index is 11.5. The van der Waals surface area contributed by atoms with Gasteiger partial charge in [0.1, 0.15) is 5.75 Å². The summed E-state index contributed by atoms with van der Waals surface area (Å²) < 4.78 is 0. The molecule has 0 aromatic heterocycles. The Balaban J connectivity index is 2.53. The number of benzene rings is 1. The molecule has 0 aliphatic heterocycles. The van der Waals surface area contributed by atoms with Crippen molar-refractivity contribution in [3.05, 3.63) is 29.3 Å². The van der Waals surface area contributed by atoms with Crippen molar-refractivity contribution in [3.63, 3.8) is 0 Å². The first kappa shape index (κ1) is 12.9. The van der Waals surface area contributed by atoms with Gasteiger partial charge in [-0.15, -0.1) is 0 Å². The summed E-state index contributed by atoms with van der Waals surface area (Å²) in [4.78, 5) is 11.5. The summed E-state index contributed by atoms with van der Waals surface area (Å²) in [6.45, 7) is 6.24. The fourth-order valence-corrected chi connectivity index (χ4v) is 2.51. The van der Waals surface area contributed by atoms with Gasteiger partial charge in [0.15, 0.2) is 0 Å². The molecular weight excluding hydrogens is 228 g/mol. The molecule has 1 aromatic rings. The Morgan fingerprint density at radius 2 is 1.89 bits per heavy atom. The molecule has 0 amide bonds. The summed E-state index contributed by atoms with van der Waals surface area (Å²) in [5.41, 5.74) is 0.716. The molecule has 1 aromatic carbocycles. The number of carboxylic acid groups (broad SMARTS) is 1. The minimum atomic E-state index is -0.870. The summed E-state index contributed by atoms with van der Waals surface area (Å²) in [5.74, 6) is -0.722. The molecule has 0 radical (unpaired) electrons. The van der Waals surface area contributed by atoms with Crippen LogP contribution in [-0.4, -0.2) is 16.2 Å². The first-order valence-corrected chi connectivity index (χ1v) is 6.35. The number of rotatable bonds is 2. The van der Waals surface area contributed by atoms with E-state index in [-0.39, 0.29) is 11.2 Å². The molecule has 1 fully saturated rings. The zero-order chi connectivity index (χ0) is 13.6. The van der Waals surface area contributed by atoms with Gasteiger partial charge >= 0.3 is 5.97 Å². The second-order valence-electron chi connectivity index (χ2n) is 6.22. The normalized spacial score (nSPS) is 18.2. The molecule has 1 aliphatic carbocycles. The molecule has 3 heteroatoms. The van der Waals surface area contributed by atoms with Crippen molar-refractivity contribution in [2.24, 2.45) is 0 Å². The third-order valence-corrected chi connectivity index (χ3v) is 3.99. The van der Waals surface area contributed by atoms with Crippen LogP contribution in [0, 0.1) is 0 Å². The van der Waals surface area contributed by atoms with E-state index in [1.807, 2.05) is 12.1 Å². The van der Waals surface area contributed by atoms with E-state index in [0.29, 0.717) is 18.4 Å². The second kappa shape index (κ2) is 4.01. The molecule has 0 heterocycles. The zero-order valence-electron chi connectivity index (χ0n) is 11.2. The molecule has 1 saturated carbocycles. The van der Waals surface area contributed by atoms with Gasteiger partial charge in [0.25, 0.3) is 0 Å². The molecule has 0 bridgehead atoms. The van der Waals surface area contributed by atoms with E-state index in [4.69, 9.17) is 0 Å². The van der Waals surface area contributed by atoms with Gasteiger partial charge in [-0.2, -0.15) is 0 Å². The van der Waals surface area contributed by atoms with E-state index < -0.39 is 11.4 Å². The highest BCUT2D eigenvalue weighted by atomic mass is 16.4. The van der Waals surface area contributed by atoms with E-state index in [9.17, 15) is 15.0 Å². The third kappa shape index (κ3) is 1.88. The first-order chi connectivity index (χ1) is 8.27. The average Bonchev–Trinajstić information content (AvgIpc) is 2.16. The Hall–Kier alpha value is -1.51. The topological polar surface area (TPSA) is 57.5 Å². The van der Waals surface area contributed by atoms with Crippen LogP contribution in [0.15, 0.2) is 18.2 Å². The molecule has 2 rings (SSSR count). The zero-order valence-corrected chi connectivity index (χ0v) is 11.2. The van der Waals surface area contributed by atoms with Crippen molar-refractivity contribution in [2.45, 2.75) is 50.9 Å². The third-order valence-electron chi connectivity index (χ3n) is 3.99. The van der Waals surface area contributed by atoms with Crippen LogP contribution in [0.25, 0.3) is 0 Å². The van der Waals surface area contributed by atoms with Crippen molar-refractivity contribution in [3.8, 4) is 5.75 Å². The Bertz CT molecular complexity index is 479. The van der Waals surface area contributed by atoms with Gasteiger partial charge in [0.05, 0.1) is 5.41 Å². The summed E-state index contributed by atoms with van der Waals surface area (Å²) in [5, 5.41) is 19.4. The standard InChI is InChI=1S/C15H20O3/c1-14(2,3)10-5-6-12(16)11(9-10)15(13(17)18)7-4-8-15/h5-6,9,16H,4,7-8H2,1-3H3,(H,17,18). The predicted molar refractivity (Wildman–Crippen MR) is 70.0 cm³/mol. The highest BCUT2D eigenvalue weighted by molar-refractivity contribution is 5.83. The first-order valence-electron chi connectivity index (χ1n) is 6.35. The van der Waals surface area contributed by atoms with Crippen molar-refractivity contribution >= 4 is 5.97 Å². The van der Waals surface area contributed by atoms with Crippen LogP contribution in [-0.2, 0) is 15.6 Å². The minimum absolute atomic E-state index is 0.0497. The smallest absolute Gasteiger partial charge is 0.314 e. The van der Waals surface area contributed by atoms with E-state index >= 15 is 0 Å². The molecule has 98 valence electrons. The lowest BCUT2D eigenvalue weighted by Gasteiger charge is -2.39. The number of hydrogen-bond acceptors (Lipinski definition) is 2. The number of aliphatic carboxylic acids is 1. The highest BCUT2D eigenvalue weighted by Gasteiger charge is 2.47. The lowest BCUT2D eigenvalue weighted by atomic mass is 9.63. The molecule has 0 spiro atoms. The van der Waals surface area contributed by atoms with E-state index in [0.717, 1.165) is 12.0 Å². The maximum atomic E-state index is 11.5. The van der Waals surface area contributed by atoms with Crippen LogP contribution in [0.3, 0.4) is 0 Å². The van der Waals surface area contributed by atoms with E-state index in [2.05, 4.69) is 20.8 Å². The maximum Gasteiger partial charge on any atom is 0.314 e. The molecule has 1 aliphatic rings. The number of carbonyl (C=O) groups is 1. The van der Waals surface area contributed by atoms with Crippen LogP contribution < -0.4 is 0 Å². The molecule has 0 atom stereocenters. The van der Waals surface area contributed by atoms with Crippen LogP contribution in [0.2, 0.25) is 0 Å².